The van der Waals surface area contributed by atoms with Crippen molar-refractivity contribution < 1.29 is 0 Å². The third kappa shape index (κ3) is 7.23. The summed E-state index contributed by atoms with van der Waals surface area (Å²) in [5.41, 5.74) is 2.43. The molecule has 1 aromatic heterocycles. The summed E-state index contributed by atoms with van der Waals surface area (Å²) < 4.78 is 1.85. The van der Waals surface area contributed by atoms with Crippen LogP contribution < -0.4 is 10.6 Å². The number of aryl methyl sites for hydroxylation is 1. The van der Waals surface area contributed by atoms with Crippen LogP contribution in [0.4, 0.5) is 0 Å². The van der Waals surface area contributed by atoms with Crippen LogP contribution in [0, 0.1) is 5.41 Å². The minimum Gasteiger partial charge on any atom is -0.356 e. The van der Waals surface area contributed by atoms with Gasteiger partial charge in [-0.2, -0.15) is 5.10 Å². The first-order valence-electron chi connectivity index (χ1n) is 8.05. The molecule has 1 heterocycles. The SMILES string of the molecule is CN=C(NCc1ccnn1C)NCC(C)(C)Cc1cccc(Cl)c1.I. The number of guanidine groups is 1. The number of aromatic nitrogens is 2. The minimum atomic E-state index is 0. The first-order chi connectivity index (χ1) is 11.4. The minimum absolute atomic E-state index is 0. The highest BCUT2D eigenvalue weighted by Gasteiger charge is 2.19. The van der Waals surface area contributed by atoms with Gasteiger partial charge in [0.25, 0.3) is 0 Å². The van der Waals surface area contributed by atoms with E-state index in [9.17, 15) is 0 Å². The zero-order valence-electron chi connectivity index (χ0n) is 15.2. The molecule has 2 N–H and O–H groups in total. The molecule has 0 saturated heterocycles. The molecule has 25 heavy (non-hydrogen) atoms. The molecule has 0 saturated carbocycles. The molecule has 2 rings (SSSR count). The molecule has 0 aliphatic carbocycles. The summed E-state index contributed by atoms with van der Waals surface area (Å²) in [4.78, 5) is 4.29. The molecule has 2 aromatic rings. The summed E-state index contributed by atoms with van der Waals surface area (Å²) in [6.45, 7) is 5.96. The molecule has 0 spiro atoms. The predicted octanol–water partition coefficient (Wildman–Crippen LogP) is 3.63. The van der Waals surface area contributed by atoms with E-state index in [0.29, 0.717) is 6.54 Å². The Balaban J connectivity index is 0.00000312. The van der Waals surface area contributed by atoms with Crippen LogP contribution >= 0.6 is 35.6 Å². The Bertz CT molecular complexity index is 696. The maximum Gasteiger partial charge on any atom is 0.191 e. The average Bonchev–Trinajstić information content (AvgIpc) is 2.92. The maximum absolute atomic E-state index is 6.07. The van der Waals surface area contributed by atoms with Gasteiger partial charge in [0.1, 0.15) is 0 Å². The molecular formula is C18H27ClIN5. The second-order valence-corrected chi connectivity index (χ2v) is 7.13. The van der Waals surface area contributed by atoms with Crippen molar-refractivity contribution in [2.75, 3.05) is 13.6 Å². The van der Waals surface area contributed by atoms with Crippen LogP contribution in [0.1, 0.15) is 25.1 Å². The zero-order chi connectivity index (χ0) is 17.6. The Morgan fingerprint density at radius 2 is 2.04 bits per heavy atom. The molecule has 0 radical (unpaired) electrons. The first-order valence-corrected chi connectivity index (χ1v) is 8.43. The lowest BCUT2D eigenvalue weighted by atomic mass is 9.86. The molecule has 138 valence electrons. The standard InChI is InChI=1S/C18H26ClN5.HI/c1-18(2,11-14-6-5-7-15(19)10-14)13-22-17(20-3)21-12-16-8-9-23-24(16)4;/h5-10H,11-13H2,1-4H3,(H2,20,21,22);1H. The number of nitrogens with one attached hydrogen (secondary N) is 2. The van der Waals surface area contributed by atoms with Crippen molar-refractivity contribution in [2.45, 2.75) is 26.8 Å². The molecular weight excluding hydrogens is 449 g/mol. The Kier molecular flexibility index (Phi) is 8.71. The highest BCUT2D eigenvalue weighted by atomic mass is 127. The summed E-state index contributed by atoms with van der Waals surface area (Å²) in [6, 6.07) is 10.0. The van der Waals surface area contributed by atoms with Gasteiger partial charge in [0, 0.05) is 31.9 Å². The van der Waals surface area contributed by atoms with E-state index in [0.717, 1.165) is 29.6 Å². The number of rotatable bonds is 6. The number of hydrogen-bond donors (Lipinski definition) is 2. The van der Waals surface area contributed by atoms with E-state index in [2.05, 4.69) is 40.6 Å². The topological polar surface area (TPSA) is 54.2 Å². The maximum atomic E-state index is 6.07. The Morgan fingerprint density at radius 1 is 1.28 bits per heavy atom. The van der Waals surface area contributed by atoms with E-state index in [1.54, 1.807) is 13.2 Å². The summed E-state index contributed by atoms with van der Waals surface area (Å²) in [5.74, 6) is 0.787. The van der Waals surface area contributed by atoms with Gasteiger partial charge >= 0.3 is 0 Å². The molecule has 0 fully saturated rings. The van der Waals surface area contributed by atoms with Crippen molar-refractivity contribution in [1.29, 1.82) is 0 Å². The highest BCUT2D eigenvalue weighted by Crippen LogP contribution is 2.22. The van der Waals surface area contributed by atoms with E-state index in [4.69, 9.17) is 11.6 Å². The van der Waals surface area contributed by atoms with Crippen molar-refractivity contribution in [3.63, 3.8) is 0 Å². The van der Waals surface area contributed by atoms with Crippen LogP contribution in [-0.4, -0.2) is 29.3 Å². The van der Waals surface area contributed by atoms with Gasteiger partial charge in [0.2, 0.25) is 0 Å². The van der Waals surface area contributed by atoms with E-state index in [-0.39, 0.29) is 29.4 Å². The van der Waals surface area contributed by atoms with Gasteiger partial charge in [-0.05, 0) is 35.6 Å². The van der Waals surface area contributed by atoms with Crippen LogP contribution in [0.25, 0.3) is 0 Å². The number of nitrogens with zero attached hydrogens (tertiary/aromatic N) is 3. The molecule has 0 bridgehead atoms. The third-order valence-electron chi connectivity index (χ3n) is 3.89. The van der Waals surface area contributed by atoms with Crippen LogP contribution in [0.3, 0.4) is 0 Å². The fourth-order valence-electron chi connectivity index (χ4n) is 2.55. The monoisotopic (exact) mass is 475 g/mol. The molecule has 0 atom stereocenters. The van der Waals surface area contributed by atoms with Crippen LogP contribution in [0.2, 0.25) is 5.02 Å². The lowest BCUT2D eigenvalue weighted by molar-refractivity contribution is 0.359. The summed E-state index contributed by atoms with van der Waals surface area (Å²) >= 11 is 6.07. The zero-order valence-corrected chi connectivity index (χ0v) is 18.3. The van der Waals surface area contributed by atoms with Crippen molar-refractivity contribution in [1.82, 2.24) is 20.4 Å². The van der Waals surface area contributed by atoms with Gasteiger partial charge in [0.05, 0.1) is 12.2 Å². The van der Waals surface area contributed by atoms with Crippen LogP contribution in [-0.2, 0) is 20.0 Å². The highest BCUT2D eigenvalue weighted by molar-refractivity contribution is 14.0. The van der Waals surface area contributed by atoms with Gasteiger partial charge in [-0.15, -0.1) is 24.0 Å². The second-order valence-electron chi connectivity index (χ2n) is 6.70. The first kappa shape index (κ1) is 21.8. The van der Waals surface area contributed by atoms with Crippen LogP contribution in [0.5, 0.6) is 0 Å². The Hall–Kier alpha value is -1.28. The average molecular weight is 476 g/mol. The van der Waals surface area contributed by atoms with E-state index >= 15 is 0 Å². The van der Waals surface area contributed by atoms with Crippen molar-refractivity contribution >= 4 is 41.5 Å². The van der Waals surface area contributed by atoms with Gasteiger partial charge in [-0.25, -0.2) is 0 Å². The summed E-state index contributed by atoms with van der Waals surface area (Å²) in [5, 5.41) is 11.7. The third-order valence-corrected chi connectivity index (χ3v) is 4.12. The summed E-state index contributed by atoms with van der Waals surface area (Å²) in [7, 11) is 3.71. The number of halogens is 2. The van der Waals surface area contributed by atoms with E-state index < -0.39 is 0 Å². The Morgan fingerprint density at radius 3 is 2.64 bits per heavy atom. The Labute approximate surface area is 172 Å². The molecule has 0 aliphatic heterocycles. The second kappa shape index (κ2) is 10.0. The molecule has 0 amide bonds. The van der Waals surface area contributed by atoms with Crippen molar-refractivity contribution in [3.05, 3.63) is 52.8 Å². The molecule has 1 aromatic carbocycles. The smallest absolute Gasteiger partial charge is 0.191 e. The van der Waals surface area contributed by atoms with Crippen LogP contribution in [0.15, 0.2) is 41.5 Å². The molecule has 5 nitrogen and oxygen atoms in total. The quantitative estimate of drug-likeness (QED) is 0.381. The van der Waals surface area contributed by atoms with E-state index in [1.165, 1.54) is 5.56 Å². The molecule has 0 unspecified atom stereocenters. The molecule has 0 aliphatic rings. The number of aliphatic imine (C=N–C) groups is 1. The van der Waals surface area contributed by atoms with Crippen molar-refractivity contribution in [3.8, 4) is 0 Å². The lowest BCUT2D eigenvalue weighted by Crippen LogP contribution is -2.42. The van der Waals surface area contributed by atoms with Crippen molar-refractivity contribution in [2.24, 2.45) is 17.5 Å². The number of hydrogen-bond acceptors (Lipinski definition) is 2. The molecule has 7 heteroatoms. The van der Waals surface area contributed by atoms with Gasteiger partial charge < -0.3 is 10.6 Å². The normalized spacial score (nSPS) is 11.8. The largest absolute Gasteiger partial charge is 0.356 e. The van der Waals surface area contributed by atoms with Gasteiger partial charge in [-0.1, -0.05) is 37.6 Å². The summed E-state index contributed by atoms with van der Waals surface area (Å²) in [6.07, 6.45) is 2.74. The fraction of sp³-hybridized carbons (Fsp3) is 0.444. The van der Waals surface area contributed by atoms with Gasteiger partial charge in [-0.3, -0.25) is 9.67 Å². The lowest BCUT2D eigenvalue weighted by Gasteiger charge is -2.26. The predicted molar refractivity (Wildman–Crippen MR) is 116 cm³/mol. The number of benzene rings is 1. The fourth-order valence-corrected chi connectivity index (χ4v) is 2.77. The van der Waals surface area contributed by atoms with E-state index in [1.807, 2.05) is 36.0 Å². The van der Waals surface area contributed by atoms with Gasteiger partial charge in [0.15, 0.2) is 5.96 Å².